The van der Waals surface area contributed by atoms with E-state index in [1.807, 2.05) is 17.2 Å². The van der Waals surface area contributed by atoms with Crippen LogP contribution in [0.25, 0.3) is 11.3 Å². The Kier molecular flexibility index (Phi) is 7.01. The van der Waals surface area contributed by atoms with Crippen LogP contribution in [0.15, 0.2) is 30.5 Å². The molecule has 4 rings (SSSR count). The monoisotopic (exact) mass is 435 g/mol. The quantitative estimate of drug-likeness (QED) is 0.632. The zero-order chi connectivity index (χ0) is 21.6. The average molecular weight is 435 g/mol. The molecule has 1 aromatic heterocycles. The number of hydrogen-bond acceptors (Lipinski definition) is 5. The molecule has 2 heterocycles. The second-order valence-electron chi connectivity index (χ2n) is 7.77. The normalized spacial score (nSPS) is 17.3. The highest BCUT2D eigenvalue weighted by atomic mass is 19.3. The van der Waals surface area contributed by atoms with Crippen molar-refractivity contribution in [3.8, 4) is 22.8 Å². The van der Waals surface area contributed by atoms with Gasteiger partial charge in [-0.2, -0.15) is 13.9 Å². The van der Waals surface area contributed by atoms with Crippen LogP contribution in [0, 0.1) is 0 Å². The van der Waals surface area contributed by atoms with Crippen LogP contribution in [0.2, 0.25) is 0 Å². The Balaban J connectivity index is 1.43. The maximum Gasteiger partial charge on any atom is 0.387 e. The predicted molar refractivity (Wildman–Crippen MR) is 109 cm³/mol. The summed E-state index contributed by atoms with van der Waals surface area (Å²) in [6.45, 7) is -0.0451. The van der Waals surface area contributed by atoms with E-state index in [1.165, 1.54) is 6.07 Å². The maximum absolute atomic E-state index is 12.8. The topological polar surface area (TPSA) is 65.8 Å². The second kappa shape index (κ2) is 10.1. The summed E-state index contributed by atoms with van der Waals surface area (Å²) in [5.41, 5.74) is 1.42. The fourth-order valence-corrected chi connectivity index (χ4v) is 3.96. The minimum Gasteiger partial charge on any atom is -0.487 e. The van der Waals surface area contributed by atoms with Gasteiger partial charge in [0.05, 0.1) is 25.0 Å². The number of alkyl halides is 2. The summed E-state index contributed by atoms with van der Waals surface area (Å²) in [4.78, 5) is 14.1. The van der Waals surface area contributed by atoms with Crippen LogP contribution >= 0.6 is 0 Å². The molecule has 2 fully saturated rings. The molecular weight excluding hydrogens is 408 g/mol. The first-order valence-electron chi connectivity index (χ1n) is 10.7. The minimum atomic E-state index is -2.92. The number of aryl methyl sites for hydroxylation is 1. The van der Waals surface area contributed by atoms with Gasteiger partial charge in [-0.25, -0.2) is 0 Å². The smallest absolute Gasteiger partial charge is 0.387 e. The van der Waals surface area contributed by atoms with Gasteiger partial charge in [-0.1, -0.05) is 0 Å². The molecule has 0 bridgehead atoms. The second-order valence-corrected chi connectivity index (χ2v) is 7.77. The van der Waals surface area contributed by atoms with Crippen LogP contribution in [0.4, 0.5) is 8.78 Å². The van der Waals surface area contributed by atoms with Crippen molar-refractivity contribution in [1.82, 2.24) is 14.7 Å². The number of nitrogens with zero attached hydrogens (tertiary/aromatic N) is 3. The van der Waals surface area contributed by atoms with Gasteiger partial charge in [0.25, 0.3) is 0 Å². The number of ether oxygens (including phenoxy) is 3. The number of amides is 1. The van der Waals surface area contributed by atoms with Gasteiger partial charge in [-0.05, 0) is 49.9 Å². The highest BCUT2D eigenvalue weighted by Crippen LogP contribution is 2.36. The third kappa shape index (κ3) is 5.72. The van der Waals surface area contributed by atoms with Gasteiger partial charge in [0, 0.05) is 37.8 Å². The summed E-state index contributed by atoms with van der Waals surface area (Å²) < 4.78 is 43.2. The SMILES string of the molecule is O=C(CCn1ccc(-c2ccc(OC(F)F)c(OC3CCCC3)c2)n1)N1CCOCC1. The zero-order valence-corrected chi connectivity index (χ0v) is 17.3. The molecule has 0 radical (unpaired) electrons. The van der Waals surface area contributed by atoms with E-state index in [2.05, 4.69) is 9.84 Å². The van der Waals surface area contributed by atoms with Crippen LogP contribution in [-0.2, 0) is 16.1 Å². The fourth-order valence-electron chi connectivity index (χ4n) is 3.96. The van der Waals surface area contributed by atoms with Gasteiger partial charge in [0.1, 0.15) is 0 Å². The van der Waals surface area contributed by atoms with Crippen molar-refractivity contribution in [2.45, 2.75) is 51.4 Å². The van der Waals surface area contributed by atoms with Crippen LogP contribution < -0.4 is 9.47 Å². The van der Waals surface area contributed by atoms with Crippen molar-refractivity contribution in [2.75, 3.05) is 26.3 Å². The lowest BCUT2D eigenvalue weighted by molar-refractivity contribution is -0.135. The zero-order valence-electron chi connectivity index (χ0n) is 17.3. The van der Waals surface area contributed by atoms with Crippen molar-refractivity contribution >= 4 is 5.91 Å². The van der Waals surface area contributed by atoms with E-state index < -0.39 is 6.61 Å². The predicted octanol–water partition coefficient (Wildman–Crippen LogP) is 3.72. The van der Waals surface area contributed by atoms with E-state index in [0.29, 0.717) is 50.7 Å². The Morgan fingerprint density at radius 1 is 1.16 bits per heavy atom. The number of aromatic nitrogens is 2. The number of halogens is 2. The molecular formula is C22H27F2N3O4. The first kappa shape index (κ1) is 21.5. The molecule has 168 valence electrons. The molecule has 1 saturated carbocycles. The Hall–Kier alpha value is -2.68. The molecule has 0 N–H and O–H groups in total. The van der Waals surface area contributed by atoms with E-state index in [9.17, 15) is 13.6 Å². The van der Waals surface area contributed by atoms with E-state index in [1.54, 1.807) is 16.8 Å². The first-order chi connectivity index (χ1) is 15.1. The summed E-state index contributed by atoms with van der Waals surface area (Å²) in [5.74, 6) is 0.420. The van der Waals surface area contributed by atoms with Crippen molar-refractivity contribution in [1.29, 1.82) is 0 Å². The number of carbonyl (C=O) groups excluding carboxylic acids is 1. The lowest BCUT2D eigenvalue weighted by atomic mass is 10.1. The number of benzene rings is 1. The molecule has 2 aliphatic rings. The van der Waals surface area contributed by atoms with E-state index in [0.717, 1.165) is 31.2 Å². The fraction of sp³-hybridized carbons (Fsp3) is 0.545. The molecule has 9 heteroatoms. The van der Waals surface area contributed by atoms with Gasteiger partial charge >= 0.3 is 6.61 Å². The third-order valence-corrected chi connectivity index (χ3v) is 5.61. The largest absolute Gasteiger partial charge is 0.487 e. The molecule has 0 spiro atoms. The molecule has 0 unspecified atom stereocenters. The van der Waals surface area contributed by atoms with Crippen molar-refractivity contribution in [3.63, 3.8) is 0 Å². The maximum atomic E-state index is 12.8. The van der Waals surface area contributed by atoms with Crippen LogP contribution in [0.1, 0.15) is 32.1 Å². The Bertz CT molecular complexity index is 877. The van der Waals surface area contributed by atoms with E-state index in [-0.39, 0.29) is 17.8 Å². The molecule has 1 aliphatic carbocycles. The highest BCUT2D eigenvalue weighted by molar-refractivity contribution is 5.76. The molecule has 2 aromatic rings. The Labute approximate surface area is 179 Å². The number of rotatable bonds is 8. The van der Waals surface area contributed by atoms with Crippen LogP contribution in [-0.4, -0.2) is 59.6 Å². The van der Waals surface area contributed by atoms with Gasteiger partial charge < -0.3 is 19.1 Å². The van der Waals surface area contributed by atoms with Gasteiger partial charge in [-0.15, -0.1) is 0 Å². The van der Waals surface area contributed by atoms with E-state index >= 15 is 0 Å². The minimum absolute atomic E-state index is 0.0130. The first-order valence-corrected chi connectivity index (χ1v) is 10.7. The van der Waals surface area contributed by atoms with Crippen LogP contribution in [0.3, 0.4) is 0 Å². The molecule has 1 saturated heterocycles. The molecule has 7 nitrogen and oxygen atoms in total. The summed E-state index contributed by atoms with van der Waals surface area (Å²) in [5, 5.41) is 4.54. The highest BCUT2D eigenvalue weighted by Gasteiger charge is 2.21. The lowest BCUT2D eigenvalue weighted by Crippen LogP contribution is -2.40. The van der Waals surface area contributed by atoms with Gasteiger partial charge in [-0.3, -0.25) is 9.48 Å². The van der Waals surface area contributed by atoms with Crippen molar-refractivity contribution in [2.24, 2.45) is 0 Å². The van der Waals surface area contributed by atoms with Crippen molar-refractivity contribution in [3.05, 3.63) is 30.5 Å². The van der Waals surface area contributed by atoms with Gasteiger partial charge in [0.2, 0.25) is 5.91 Å². The van der Waals surface area contributed by atoms with Crippen molar-refractivity contribution < 1.29 is 27.8 Å². The number of carbonyl (C=O) groups is 1. The average Bonchev–Trinajstić information content (AvgIpc) is 3.46. The molecule has 1 aliphatic heterocycles. The third-order valence-electron chi connectivity index (χ3n) is 5.61. The molecule has 1 amide bonds. The summed E-state index contributed by atoms with van der Waals surface area (Å²) in [6.07, 6.45) is 6.14. The summed E-state index contributed by atoms with van der Waals surface area (Å²) >= 11 is 0. The Morgan fingerprint density at radius 3 is 2.68 bits per heavy atom. The molecule has 31 heavy (non-hydrogen) atoms. The summed E-state index contributed by atoms with van der Waals surface area (Å²) in [6, 6.07) is 6.71. The summed E-state index contributed by atoms with van der Waals surface area (Å²) in [7, 11) is 0. The number of morpholine rings is 1. The van der Waals surface area contributed by atoms with Gasteiger partial charge in [0.15, 0.2) is 11.5 Å². The number of hydrogen-bond donors (Lipinski definition) is 0. The Morgan fingerprint density at radius 2 is 1.94 bits per heavy atom. The molecule has 0 atom stereocenters. The van der Waals surface area contributed by atoms with Crippen LogP contribution in [0.5, 0.6) is 11.5 Å². The molecule has 1 aromatic carbocycles. The standard InChI is InChI=1S/C22H27F2N3O4/c23-22(24)31-19-6-5-16(15-20(19)30-17-3-1-2-4-17)18-7-9-27(25-18)10-8-21(28)26-11-13-29-14-12-26/h5-7,9,15,17,22H,1-4,8,10-14H2. The van der Waals surface area contributed by atoms with E-state index in [4.69, 9.17) is 9.47 Å². The lowest BCUT2D eigenvalue weighted by Gasteiger charge is -2.26.